The average Bonchev–Trinajstić information content (AvgIpc) is 2.58. The fourth-order valence-electron chi connectivity index (χ4n) is 2.88. The van der Waals surface area contributed by atoms with Crippen LogP contribution in [0.2, 0.25) is 0 Å². The Hall–Kier alpha value is -0.980. The lowest BCUT2D eigenvalue weighted by atomic mass is 9.97. The first-order chi connectivity index (χ1) is 13.4. The molecule has 29 heavy (non-hydrogen) atoms. The van der Waals surface area contributed by atoms with E-state index in [1.54, 1.807) is 0 Å². The molecule has 0 bridgehead atoms. The Morgan fingerprint density at radius 1 is 0.966 bits per heavy atom. The van der Waals surface area contributed by atoms with Crippen LogP contribution < -0.4 is 10.6 Å². The van der Waals surface area contributed by atoms with Crippen LogP contribution >= 0.6 is 0 Å². The number of Topliss-reactive ketones (excluding diaryl/α,β-unsaturated/α-hetero) is 1. The summed E-state index contributed by atoms with van der Waals surface area (Å²) >= 11 is 0. The van der Waals surface area contributed by atoms with E-state index in [4.69, 9.17) is 9.47 Å². The van der Waals surface area contributed by atoms with E-state index in [2.05, 4.69) is 10.6 Å². The third-order valence-electron chi connectivity index (χ3n) is 4.67. The number of carbonyl (C=O) groups excluding carboxylic acids is 2. The van der Waals surface area contributed by atoms with Gasteiger partial charge in [-0.2, -0.15) is 0 Å². The quantitative estimate of drug-likeness (QED) is 0.375. The van der Waals surface area contributed by atoms with Crippen LogP contribution in [0, 0.1) is 5.92 Å². The van der Waals surface area contributed by atoms with E-state index in [0.29, 0.717) is 26.2 Å². The molecule has 0 rings (SSSR count). The van der Waals surface area contributed by atoms with Gasteiger partial charge in [0, 0.05) is 25.5 Å². The minimum atomic E-state index is -0.310. The summed E-state index contributed by atoms with van der Waals surface area (Å²) in [6, 6.07) is -0.0754. The highest BCUT2D eigenvalue weighted by molar-refractivity contribution is 5.85. The van der Waals surface area contributed by atoms with Crippen molar-refractivity contribution < 1.29 is 19.1 Å². The molecule has 1 amide bonds. The minimum absolute atomic E-state index is 0.00762. The second kappa shape index (κ2) is 14.1. The number of carbonyl (C=O) groups is 2. The molecule has 0 aromatic carbocycles. The van der Waals surface area contributed by atoms with Gasteiger partial charge < -0.3 is 20.1 Å². The Morgan fingerprint density at radius 3 is 2.17 bits per heavy atom. The summed E-state index contributed by atoms with van der Waals surface area (Å²) in [5, 5.41) is 6.21. The number of amides is 1. The van der Waals surface area contributed by atoms with Gasteiger partial charge >= 0.3 is 0 Å². The van der Waals surface area contributed by atoms with Crippen molar-refractivity contribution in [3.05, 3.63) is 0 Å². The first-order valence-electron chi connectivity index (χ1n) is 11.2. The summed E-state index contributed by atoms with van der Waals surface area (Å²) in [5.41, 5.74) is -0.458. The van der Waals surface area contributed by atoms with Crippen molar-refractivity contribution in [1.82, 2.24) is 10.6 Å². The molecule has 0 saturated carbocycles. The van der Waals surface area contributed by atoms with Crippen molar-refractivity contribution in [2.75, 3.05) is 26.3 Å². The number of rotatable bonds is 16. The number of unbranched alkanes of at least 4 members (excludes halogenated alkanes) is 1. The minimum Gasteiger partial charge on any atom is -0.376 e. The lowest BCUT2D eigenvalue weighted by molar-refractivity contribution is -0.125. The average molecular weight is 415 g/mol. The molecule has 0 heterocycles. The largest absolute Gasteiger partial charge is 0.376 e. The predicted molar refractivity (Wildman–Crippen MR) is 119 cm³/mol. The molecule has 0 unspecified atom stereocenters. The third-order valence-corrected chi connectivity index (χ3v) is 4.67. The summed E-state index contributed by atoms with van der Waals surface area (Å²) in [6.07, 6.45) is 3.74. The van der Waals surface area contributed by atoms with Gasteiger partial charge in [0.25, 0.3) is 0 Å². The molecule has 0 radical (unpaired) electrons. The predicted octanol–water partition coefficient (Wildman–Crippen LogP) is 3.87. The maximum Gasteiger partial charge on any atom is 0.222 e. The zero-order chi connectivity index (χ0) is 22.5. The van der Waals surface area contributed by atoms with Crippen LogP contribution in [0.4, 0.5) is 0 Å². The molecule has 6 heteroatoms. The summed E-state index contributed by atoms with van der Waals surface area (Å²) in [5.74, 6) is 0.319. The molecule has 0 saturated heterocycles. The van der Waals surface area contributed by atoms with Crippen LogP contribution in [-0.4, -0.2) is 55.2 Å². The van der Waals surface area contributed by atoms with Crippen molar-refractivity contribution in [3.63, 3.8) is 0 Å². The van der Waals surface area contributed by atoms with Gasteiger partial charge in [0.1, 0.15) is 0 Å². The van der Waals surface area contributed by atoms with E-state index >= 15 is 0 Å². The normalized spacial score (nSPS) is 13.6. The van der Waals surface area contributed by atoms with Crippen molar-refractivity contribution in [1.29, 1.82) is 0 Å². The molecule has 0 aliphatic carbocycles. The van der Waals surface area contributed by atoms with Crippen LogP contribution in [0.1, 0.15) is 87.5 Å². The molecular weight excluding hydrogens is 368 g/mol. The lowest BCUT2D eigenvalue weighted by Crippen LogP contribution is -2.39. The molecule has 0 aliphatic rings. The van der Waals surface area contributed by atoms with Crippen LogP contribution in [0.5, 0.6) is 0 Å². The van der Waals surface area contributed by atoms with Crippen LogP contribution in [-0.2, 0) is 19.1 Å². The second-order valence-corrected chi connectivity index (χ2v) is 9.58. The third kappa shape index (κ3) is 15.5. The summed E-state index contributed by atoms with van der Waals surface area (Å²) in [6.45, 7) is 18.5. The topological polar surface area (TPSA) is 76.7 Å². The Bertz CT molecular complexity index is 470. The Labute approximate surface area is 178 Å². The standard InChI is InChI=1S/C23H46N2O4/c1-9-24-19(21(27)18(2)3)12-10-11-15-25-20(26)13-16-29-23(7,8)14-17-28-22(4,5)6/h18-19,24H,9-17H2,1-8H3,(H,25,26)/t19-/m0/s1. The summed E-state index contributed by atoms with van der Waals surface area (Å²) in [4.78, 5) is 24.2. The fraction of sp³-hybridized carbons (Fsp3) is 0.913. The van der Waals surface area contributed by atoms with Gasteiger partial charge in [-0.1, -0.05) is 20.8 Å². The number of nitrogens with one attached hydrogen (secondary N) is 2. The Kier molecular flexibility index (Phi) is 13.6. The molecular formula is C23H46N2O4. The molecule has 2 N–H and O–H groups in total. The maximum absolute atomic E-state index is 12.2. The van der Waals surface area contributed by atoms with Crippen molar-refractivity contribution >= 4 is 11.7 Å². The Morgan fingerprint density at radius 2 is 1.62 bits per heavy atom. The second-order valence-electron chi connectivity index (χ2n) is 9.58. The van der Waals surface area contributed by atoms with E-state index in [1.165, 1.54) is 0 Å². The lowest BCUT2D eigenvalue weighted by Gasteiger charge is -2.27. The monoisotopic (exact) mass is 414 g/mol. The van der Waals surface area contributed by atoms with E-state index in [1.807, 2.05) is 55.4 Å². The van der Waals surface area contributed by atoms with Crippen molar-refractivity contribution in [2.24, 2.45) is 5.92 Å². The van der Waals surface area contributed by atoms with Crippen molar-refractivity contribution in [2.45, 2.75) is 105 Å². The van der Waals surface area contributed by atoms with Gasteiger partial charge in [0.2, 0.25) is 5.91 Å². The van der Waals surface area contributed by atoms with Gasteiger partial charge in [0.15, 0.2) is 5.78 Å². The molecule has 0 aromatic rings. The highest BCUT2D eigenvalue weighted by Gasteiger charge is 2.21. The smallest absolute Gasteiger partial charge is 0.222 e. The number of hydrogen-bond donors (Lipinski definition) is 2. The van der Waals surface area contributed by atoms with E-state index in [9.17, 15) is 9.59 Å². The van der Waals surface area contributed by atoms with E-state index in [-0.39, 0.29) is 34.9 Å². The molecule has 172 valence electrons. The van der Waals surface area contributed by atoms with Crippen LogP contribution in [0.15, 0.2) is 0 Å². The molecule has 6 nitrogen and oxygen atoms in total. The van der Waals surface area contributed by atoms with Gasteiger partial charge in [0.05, 0.1) is 23.9 Å². The molecule has 0 spiro atoms. The van der Waals surface area contributed by atoms with Gasteiger partial charge in [-0.05, 0) is 66.8 Å². The molecule has 0 aliphatic heterocycles. The van der Waals surface area contributed by atoms with Gasteiger partial charge in [-0.25, -0.2) is 0 Å². The van der Waals surface area contributed by atoms with E-state index < -0.39 is 0 Å². The first kappa shape index (κ1) is 28.0. The van der Waals surface area contributed by atoms with Crippen LogP contribution in [0.25, 0.3) is 0 Å². The number of ether oxygens (including phenoxy) is 2. The highest BCUT2D eigenvalue weighted by Crippen LogP contribution is 2.17. The number of ketones is 1. The SMILES string of the molecule is CCN[C@@H](CCCCNC(=O)CCOC(C)(C)CCOC(C)(C)C)C(=O)C(C)C. The highest BCUT2D eigenvalue weighted by atomic mass is 16.5. The first-order valence-corrected chi connectivity index (χ1v) is 11.2. The maximum atomic E-state index is 12.2. The molecule has 0 aromatic heterocycles. The molecule has 0 fully saturated rings. The fourth-order valence-corrected chi connectivity index (χ4v) is 2.88. The summed E-state index contributed by atoms with van der Waals surface area (Å²) in [7, 11) is 0. The van der Waals surface area contributed by atoms with Crippen LogP contribution in [0.3, 0.4) is 0 Å². The van der Waals surface area contributed by atoms with Crippen molar-refractivity contribution in [3.8, 4) is 0 Å². The zero-order valence-corrected chi connectivity index (χ0v) is 20.2. The van der Waals surface area contributed by atoms with E-state index in [0.717, 1.165) is 32.2 Å². The Balaban J connectivity index is 3.92. The van der Waals surface area contributed by atoms with Gasteiger partial charge in [-0.3, -0.25) is 9.59 Å². The molecule has 1 atom stereocenters. The zero-order valence-electron chi connectivity index (χ0n) is 20.2. The summed E-state index contributed by atoms with van der Waals surface area (Å²) < 4.78 is 11.6. The number of hydrogen-bond acceptors (Lipinski definition) is 5. The number of likely N-dealkylation sites (N-methyl/N-ethyl adjacent to an activating group) is 1. The van der Waals surface area contributed by atoms with Gasteiger partial charge in [-0.15, -0.1) is 0 Å².